The van der Waals surface area contributed by atoms with Crippen LogP contribution in [0.1, 0.15) is 13.8 Å². The summed E-state index contributed by atoms with van der Waals surface area (Å²) in [4.78, 5) is 6.63. The Morgan fingerprint density at radius 1 is 1.32 bits per heavy atom. The smallest absolute Gasteiger partial charge is 0.0801 e. The number of rotatable bonds is 1. The summed E-state index contributed by atoms with van der Waals surface area (Å²) < 4.78 is 5.75. The van der Waals surface area contributed by atoms with Gasteiger partial charge in [-0.2, -0.15) is 0 Å². The van der Waals surface area contributed by atoms with E-state index in [2.05, 4.69) is 29.8 Å². The van der Waals surface area contributed by atoms with Gasteiger partial charge >= 0.3 is 0 Å². The van der Waals surface area contributed by atoms with Crippen LogP contribution in [0.4, 0.5) is 11.4 Å². The van der Waals surface area contributed by atoms with Gasteiger partial charge in [0, 0.05) is 24.7 Å². The zero-order chi connectivity index (χ0) is 13.5. The van der Waals surface area contributed by atoms with Crippen molar-refractivity contribution in [2.75, 3.05) is 30.3 Å². The summed E-state index contributed by atoms with van der Waals surface area (Å²) in [5.41, 5.74) is 9.02. The third-order valence-corrected chi connectivity index (χ3v) is 3.57. The molecule has 0 aliphatic carbocycles. The molecule has 1 saturated heterocycles. The second-order valence-corrected chi connectivity index (χ2v) is 5.60. The van der Waals surface area contributed by atoms with Gasteiger partial charge in [0.15, 0.2) is 0 Å². The van der Waals surface area contributed by atoms with Crippen molar-refractivity contribution in [1.82, 2.24) is 4.98 Å². The molecule has 0 radical (unpaired) electrons. The van der Waals surface area contributed by atoms with Crippen LogP contribution in [0, 0.1) is 0 Å². The number of pyridine rings is 1. The fourth-order valence-corrected chi connectivity index (χ4v) is 2.66. The third kappa shape index (κ3) is 2.24. The number of nitrogen functional groups attached to an aromatic ring is 1. The Kier molecular flexibility index (Phi) is 2.82. The lowest BCUT2D eigenvalue weighted by Gasteiger charge is -2.40. The largest absolute Gasteiger partial charge is 0.396 e. The van der Waals surface area contributed by atoms with Gasteiger partial charge < -0.3 is 15.4 Å². The zero-order valence-electron chi connectivity index (χ0n) is 11.4. The Balaban J connectivity index is 2.03. The van der Waals surface area contributed by atoms with Crippen LogP contribution in [-0.2, 0) is 4.74 Å². The molecule has 4 nitrogen and oxygen atoms in total. The average molecular weight is 257 g/mol. The number of aromatic nitrogens is 1. The van der Waals surface area contributed by atoms with Gasteiger partial charge in [-0.15, -0.1) is 0 Å². The first-order chi connectivity index (χ1) is 9.07. The van der Waals surface area contributed by atoms with Gasteiger partial charge in [-0.1, -0.05) is 0 Å². The number of fused-ring (bicyclic) bond motifs is 1. The van der Waals surface area contributed by atoms with Gasteiger partial charge in [0.25, 0.3) is 0 Å². The third-order valence-electron chi connectivity index (χ3n) is 3.57. The van der Waals surface area contributed by atoms with Gasteiger partial charge in [0.05, 0.1) is 29.1 Å². The topological polar surface area (TPSA) is 51.4 Å². The monoisotopic (exact) mass is 257 g/mol. The zero-order valence-corrected chi connectivity index (χ0v) is 11.4. The molecule has 1 fully saturated rings. The van der Waals surface area contributed by atoms with E-state index in [4.69, 9.17) is 10.5 Å². The number of ether oxygens (including phenoxy) is 1. The highest BCUT2D eigenvalue weighted by atomic mass is 16.5. The molecule has 0 amide bonds. The summed E-state index contributed by atoms with van der Waals surface area (Å²) >= 11 is 0. The van der Waals surface area contributed by atoms with Gasteiger partial charge in [-0.05, 0) is 38.1 Å². The summed E-state index contributed by atoms with van der Waals surface area (Å²) in [6.45, 7) is 6.68. The molecule has 0 saturated carbocycles. The van der Waals surface area contributed by atoms with E-state index in [-0.39, 0.29) is 5.60 Å². The molecule has 2 aromatic rings. The lowest BCUT2D eigenvalue weighted by Crippen LogP contribution is -2.48. The normalized spacial score (nSPS) is 18.7. The van der Waals surface area contributed by atoms with Crippen molar-refractivity contribution in [3.8, 4) is 0 Å². The van der Waals surface area contributed by atoms with E-state index < -0.39 is 0 Å². The number of anilines is 2. The molecule has 0 unspecified atom stereocenters. The molecule has 0 bridgehead atoms. The van der Waals surface area contributed by atoms with E-state index >= 15 is 0 Å². The second kappa shape index (κ2) is 4.38. The molecule has 1 aromatic carbocycles. The number of nitrogens with zero attached hydrogens (tertiary/aromatic N) is 2. The predicted octanol–water partition coefficient (Wildman–Crippen LogP) is 2.43. The highest BCUT2D eigenvalue weighted by Crippen LogP contribution is 2.32. The summed E-state index contributed by atoms with van der Waals surface area (Å²) in [7, 11) is 0. The van der Waals surface area contributed by atoms with Crippen molar-refractivity contribution in [1.29, 1.82) is 0 Å². The molecule has 0 atom stereocenters. The highest BCUT2D eigenvalue weighted by molar-refractivity contribution is 5.97. The summed E-state index contributed by atoms with van der Waals surface area (Å²) in [5, 5.41) is 1.02. The number of hydrogen-bond acceptors (Lipinski definition) is 4. The van der Waals surface area contributed by atoms with Gasteiger partial charge in [-0.3, -0.25) is 4.98 Å². The fraction of sp³-hybridized carbons (Fsp3) is 0.400. The quantitative estimate of drug-likeness (QED) is 0.797. The van der Waals surface area contributed by atoms with Crippen LogP contribution in [0.15, 0.2) is 30.5 Å². The molecular formula is C15H19N3O. The molecule has 19 heavy (non-hydrogen) atoms. The Labute approximate surface area is 113 Å². The van der Waals surface area contributed by atoms with Crippen LogP contribution in [0.5, 0.6) is 0 Å². The van der Waals surface area contributed by atoms with Crippen LogP contribution < -0.4 is 10.6 Å². The minimum absolute atomic E-state index is 0.130. The van der Waals surface area contributed by atoms with Crippen molar-refractivity contribution in [3.05, 3.63) is 30.5 Å². The van der Waals surface area contributed by atoms with Gasteiger partial charge in [-0.25, -0.2) is 0 Å². The van der Waals surface area contributed by atoms with Crippen LogP contribution >= 0.6 is 0 Å². The van der Waals surface area contributed by atoms with E-state index in [9.17, 15) is 0 Å². The minimum atomic E-state index is -0.130. The molecule has 1 aliphatic heterocycles. The maximum Gasteiger partial charge on any atom is 0.0801 e. The van der Waals surface area contributed by atoms with Crippen molar-refractivity contribution >= 4 is 22.3 Å². The highest BCUT2D eigenvalue weighted by Gasteiger charge is 2.28. The summed E-state index contributed by atoms with van der Waals surface area (Å²) in [5.74, 6) is 0. The van der Waals surface area contributed by atoms with E-state index in [1.54, 1.807) is 6.20 Å². The maximum atomic E-state index is 6.32. The van der Waals surface area contributed by atoms with Crippen molar-refractivity contribution in [2.45, 2.75) is 19.4 Å². The number of nitrogens with two attached hydrogens (primary N) is 1. The van der Waals surface area contributed by atoms with Gasteiger partial charge in [0.1, 0.15) is 0 Å². The van der Waals surface area contributed by atoms with Crippen LogP contribution in [-0.4, -0.2) is 30.3 Å². The molecule has 100 valence electrons. The van der Waals surface area contributed by atoms with Crippen LogP contribution in [0.25, 0.3) is 10.9 Å². The SMILES string of the molecule is CC1(C)CN(c2ccc3ncccc3c2N)CCO1. The average Bonchev–Trinajstić information content (AvgIpc) is 2.38. The Morgan fingerprint density at radius 2 is 2.16 bits per heavy atom. The molecule has 2 N–H and O–H groups in total. The Hall–Kier alpha value is -1.81. The maximum absolute atomic E-state index is 6.32. The van der Waals surface area contributed by atoms with E-state index in [0.29, 0.717) is 0 Å². The Bertz CT molecular complexity index is 609. The molecule has 0 spiro atoms. The van der Waals surface area contributed by atoms with Crippen molar-refractivity contribution in [2.24, 2.45) is 0 Å². The van der Waals surface area contributed by atoms with E-state index in [0.717, 1.165) is 42.0 Å². The van der Waals surface area contributed by atoms with Gasteiger partial charge in [0.2, 0.25) is 0 Å². The van der Waals surface area contributed by atoms with Crippen molar-refractivity contribution in [3.63, 3.8) is 0 Å². The number of benzene rings is 1. The molecular weight excluding hydrogens is 238 g/mol. The van der Waals surface area contributed by atoms with Crippen molar-refractivity contribution < 1.29 is 4.74 Å². The number of hydrogen-bond donors (Lipinski definition) is 1. The number of morpholine rings is 1. The Morgan fingerprint density at radius 3 is 2.95 bits per heavy atom. The first kappa shape index (κ1) is 12.2. The summed E-state index contributed by atoms with van der Waals surface area (Å²) in [6, 6.07) is 8.04. The first-order valence-corrected chi connectivity index (χ1v) is 6.59. The molecule has 1 aliphatic rings. The first-order valence-electron chi connectivity index (χ1n) is 6.59. The molecule has 4 heteroatoms. The van der Waals surface area contributed by atoms with Crippen LogP contribution in [0.2, 0.25) is 0 Å². The van der Waals surface area contributed by atoms with E-state index in [1.165, 1.54) is 0 Å². The minimum Gasteiger partial charge on any atom is -0.396 e. The second-order valence-electron chi connectivity index (χ2n) is 5.60. The lowest BCUT2D eigenvalue weighted by atomic mass is 10.1. The lowest BCUT2D eigenvalue weighted by molar-refractivity contribution is -0.0276. The molecule has 1 aromatic heterocycles. The van der Waals surface area contributed by atoms with Crippen LogP contribution in [0.3, 0.4) is 0 Å². The predicted molar refractivity (Wildman–Crippen MR) is 78.4 cm³/mol. The fourth-order valence-electron chi connectivity index (χ4n) is 2.66. The van der Waals surface area contributed by atoms with E-state index in [1.807, 2.05) is 18.2 Å². The molecule has 2 heterocycles. The standard InChI is InChI=1S/C15H19N3O/c1-15(2)10-18(8-9-19-15)13-6-5-12-11(14(13)16)4-3-7-17-12/h3-7H,8-10,16H2,1-2H3. The summed E-state index contributed by atoms with van der Waals surface area (Å²) in [6.07, 6.45) is 1.79. The molecule has 3 rings (SSSR count).